The third-order valence-electron chi connectivity index (χ3n) is 4.34. The lowest BCUT2D eigenvalue weighted by atomic mass is 9.94. The van der Waals surface area contributed by atoms with Crippen molar-refractivity contribution in [1.82, 2.24) is 10.2 Å². The molecule has 0 radical (unpaired) electrons. The van der Waals surface area contributed by atoms with Gasteiger partial charge in [0.25, 0.3) is 0 Å². The van der Waals surface area contributed by atoms with Gasteiger partial charge in [-0.15, -0.1) is 0 Å². The van der Waals surface area contributed by atoms with Gasteiger partial charge in [0.1, 0.15) is 5.54 Å². The molecule has 2 aliphatic rings. The van der Waals surface area contributed by atoms with Crippen LogP contribution in [0.5, 0.6) is 0 Å². The number of hydrogen-bond acceptors (Lipinski definition) is 3. The molecule has 108 valence electrons. The van der Waals surface area contributed by atoms with E-state index >= 15 is 0 Å². The Bertz CT molecular complexity index is 365. The third kappa shape index (κ3) is 3.00. The summed E-state index contributed by atoms with van der Waals surface area (Å²) in [7, 11) is 0. The van der Waals surface area contributed by atoms with Crippen LogP contribution in [-0.4, -0.2) is 51.3 Å². The fraction of sp³-hybridized carbons (Fsp3) is 0.846. The Hall–Kier alpha value is -1.30. The lowest BCUT2D eigenvalue weighted by molar-refractivity contribution is -0.144. The van der Waals surface area contributed by atoms with Crippen LogP contribution >= 0.6 is 0 Å². The summed E-state index contributed by atoms with van der Waals surface area (Å²) in [6.07, 6.45) is 3.73. The highest BCUT2D eigenvalue weighted by Gasteiger charge is 2.43. The average Bonchev–Trinajstić information content (AvgIpc) is 2.78. The van der Waals surface area contributed by atoms with Gasteiger partial charge in [-0.25, -0.2) is 9.59 Å². The number of hydrogen-bond donors (Lipinski definition) is 3. The van der Waals surface area contributed by atoms with E-state index in [4.69, 9.17) is 0 Å². The fourth-order valence-corrected chi connectivity index (χ4v) is 2.85. The number of amides is 2. The van der Waals surface area contributed by atoms with Gasteiger partial charge in [0.05, 0.1) is 5.60 Å². The highest BCUT2D eigenvalue weighted by atomic mass is 16.4. The van der Waals surface area contributed by atoms with E-state index in [9.17, 15) is 19.8 Å². The Labute approximate surface area is 112 Å². The largest absolute Gasteiger partial charge is 0.480 e. The number of rotatable bonds is 2. The lowest BCUT2D eigenvalue weighted by Gasteiger charge is -2.37. The van der Waals surface area contributed by atoms with E-state index in [1.807, 2.05) is 0 Å². The molecule has 1 aliphatic heterocycles. The van der Waals surface area contributed by atoms with Crippen LogP contribution in [0.4, 0.5) is 4.79 Å². The van der Waals surface area contributed by atoms with Gasteiger partial charge in [-0.2, -0.15) is 0 Å². The molecular weight excluding hydrogens is 248 g/mol. The first-order valence-electron chi connectivity index (χ1n) is 6.88. The highest BCUT2D eigenvalue weighted by Crippen LogP contribution is 2.30. The van der Waals surface area contributed by atoms with E-state index < -0.39 is 17.1 Å². The zero-order valence-electron chi connectivity index (χ0n) is 11.3. The topological polar surface area (TPSA) is 89.9 Å². The molecule has 1 saturated heterocycles. The molecule has 2 fully saturated rings. The van der Waals surface area contributed by atoms with E-state index in [0.717, 1.165) is 12.8 Å². The average molecular weight is 270 g/mol. The Kier molecular flexibility index (Phi) is 3.71. The van der Waals surface area contributed by atoms with E-state index in [2.05, 4.69) is 5.32 Å². The quantitative estimate of drug-likeness (QED) is 0.696. The molecule has 6 nitrogen and oxygen atoms in total. The SMILES string of the molecule is CC1(O)CCN(C(=O)NC2(C(=O)O)CCCC2)CC1. The number of likely N-dealkylation sites (tertiary alicyclic amines) is 1. The van der Waals surface area contributed by atoms with Gasteiger partial charge in [-0.05, 0) is 32.6 Å². The first-order chi connectivity index (χ1) is 8.85. The molecule has 0 unspecified atom stereocenters. The normalized spacial score (nSPS) is 25.1. The zero-order chi connectivity index (χ0) is 14.1. The minimum atomic E-state index is -1.09. The summed E-state index contributed by atoms with van der Waals surface area (Å²) < 4.78 is 0. The Balaban J connectivity index is 1.95. The first-order valence-corrected chi connectivity index (χ1v) is 6.88. The van der Waals surface area contributed by atoms with Crippen LogP contribution in [0.3, 0.4) is 0 Å². The number of urea groups is 1. The summed E-state index contributed by atoms with van der Waals surface area (Å²) in [5.41, 5.74) is -1.80. The predicted octanol–water partition coefficient (Wildman–Crippen LogP) is 0.940. The van der Waals surface area contributed by atoms with Gasteiger partial charge in [-0.3, -0.25) is 0 Å². The number of carbonyl (C=O) groups is 2. The van der Waals surface area contributed by atoms with E-state index in [-0.39, 0.29) is 6.03 Å². The summed E-state index contributed by atoms with van der Waals surface area (Å²) in [4.78, 5) is 25.1. The minimum Gasteiger partial charge on any atom is -0.480 e. The Morgan fingerprint density at radius 1 is 1.11 bits per heavy atom. The Morgan fingerprint density at radius 3 is 2.11 bits per heavy atom. The van der Waals surface area contributed by atoms with Gasteiger partial charge < -0.3 is 20.4 Å². The maximum atomic E-state index is 12.1. The molecule has 0 bridgehead atoms. The van der Waals surface area contributed by atoms with Crippen LogP contribution in [-0.2, 0) is 4.79 Å². The smallest absolute Gasteiger partial charge is 0.329 e. The van der Waals surface area contributed by atoms with Crippen LogP contribution in [0.1, 0.15) is 45.4 Å². The summed E-state index contributed by atoms with van der Waals surface area (Å²) in [5, 5.41) is 21.9. The van der Waals surface area contributed by atoms with Gasteiger partial charge in [0, 0.05) is 13.1 Å². The van der Waals surface area contributed by atoms with Crippen LogP contribution in [0, 0.1) is 0 Å². The number of carbonyl (C=O) groups excluding carboxylic acids is 1. The first kappa shape index (κ1) is 14.1. The summed E-state index contributed by atoms with van der Waals surface area (Å²) >= 11 is 0. The van der Waals surface area contributed by atoms with Crippen LogP contribution in [0.25, 0.3) is 0 Å². The van der Waals surface area contributed by atoms with Gasteiger partial charge in [-0.1, -0.05) is 12.8 Å². The maximum absolute atomic E-state index is 12.1. The summed E-state index contributed by atoms with van der Waals surface area (Å²) in [6, 6.07) is -0.320. The Morgan fingerprint density at radius 2 is 1.63 bits per heavy atom. The third-order valence-corrected chi connectivity index (χ3v) is 4.34. The predicted molar refractivity (Wildman–Crippen MR) is 68.8 cm³/mol. The van der Waals surface area contributed by atoms with E-state index in [0.29, 0.717) is 38.8 Å². The van der Waals surface area contributed by atoms with Gasteiger partial charge in [0.2, 0.25) is 0 Å². The van der Waals surface area contributed by atoms with Crippen molar-refractivity contribution in [3.8, 4) is 0 Å². The molecule has 2 amide bonds. The van der Waals surface area contributed by atoms with Crippen molar-refractivity contribution in [2.45, 2.75) is 56.6 Å². The second-order valence-electron chi connectivity index (χ2n) is 6.01. The van der Waals surface area contributed by atoms with Gasteiger partial charge in [0.15, 0.2) is 0 Å². The zero-order valence-corrected chi connectivity index (χ0v) is 11.3. The molecule has 2 rings (SSSR count). The fourth-order valence-electron chi connectivity index (χ4n) is 2.85. The second kappa shape index (κ2) is 5.00. The number of piperidine rings is 1. The van der Waals surface area contributed by atoms with Crippen molar-refractivity contribution in [2.24, 2.45) is 0 Å². The number of carboxylic acids is 1. The second-order valence-corrected chi connectivity index (χ2v) is 6.01. The molecule has 0 spiro atoms. The van der Waals surface area contributed by atoms with Crippen LogP contribution < -0.4 is 5.32 Å². The van der Waals surface area contributed by atoms with Crippen LogP contribution in [0.15, 0.2) is 0 Å². The van der Waals surface area contributed by atoms with Crippen molar-refractivity contribution < 1.29 is 19.8 Å². The van der Waals surface area contributed by atoms with Crippen LogP contribution in [0.2, 0.25) is 0 Å². The number of carboxylic acid groups (broad SMARTS) is 1. The van der Waals surface area contributed by atoms with Gasteiger partial charge >= 0.3 is 12.0 Å². The molecule has 1 saturated carbocycles. The van der Waals surface area contributed by atoms with Crippen molar-refractivity contribution in [1.29, 1.82) is 0 Å². The molecule has 0 aromatic heterocycles. The van der Waals surface area contributed by atoms with Crippen molar-refractivity contribution >= 4 is 12.0 Å². The molecule has 0 atom stereocenters. The molecule has 1 aliphatic carbocycles. The number of aliphatic hydroxyl groups is 1. The monoisotopic (exact) mass is 270 g/mol. The molecule has 19 heavy (non-hydrogen) atoms. The molecule has 6 heteroatoms. The van der Waals surface area contributed by atoms with E-state index in [1.54, 1.807) is 11.8 Å². The minimum absolute atomic E-state index is 0.320. The van der Waals surface area contributed by atoms with Crippen molar-refractivity contribution in [3.05, 3.63) is 0 Å². The molecule has 0 aromatic carbocycles. The van der Waals surface area contributed by atoms with E-state index in [1.165, 1.54) is 0 Å². The molecule has 0 aromatic rings. The summed E-state index contributed by atoms with van der Waals surface area (Å²) in [6.45, 7) is 2.70. The van der Waals surface area contributed by atoms with Crippen molar-refractivity contribution in [3.63, 3.8) is 0 Å². The molecular formula is C13H22N2O4. The molecule has 1 heterocycles. The number of nitrogens with zero attached hydrogens (tertiary/aromatic N) is 1. The lowest BCUT2D eigenvalue weighted by Crippen LogP contribution is -2.58. The standard InChI is InChI=1S/C13H22N2O4/c1-12(19)6-8-15(9-7-12)11(18)14-13(10(16)17)4-2-3-5-13/h19H,2-9H2,1H3,(H,14,18)(H,16,17). The summed E-state index contributed by atoms with van der Waals surface area (Å²) in [5.74, 6) is -0.942. The van der Waals surface area contributed by atoms with Crippen molar-refractivity contribution in [2.75, 3.05) is 13.1 Å². The number of aliphatic carboxylic acids is 1. The number of nitrogens with one attached hydrogen (secondary N) is 1. The maximum Gasteiger partial charge on any atom is 0.329 e. The highest BCUT2D eigenvalue weighted by molar-refractivity contribution is 5.86. The molecule has 3 N–H and O–H groups in total.